The maximum absolute atomic E-state index is 13.4. The molecule has 164 valence electrons. The number of carboxylic acids is 1. The minimum atomic E-state index is -1.23. The summed E-state index contributed by atoms with van der Waals surface area (Å²) in [6, 6.07) is 22.4. The standard InChI is InChI=1S/C25H18ClN3O4/c1-29-24(31)21(23(30)27-17-12-13-19(26)18(14-17)25(32)33)20(15-8-4-2-5-9-15)22(28-29)16-10-6-3-7-11-16/h2-14H,1H3,(H,27,30)(H,32,33). The molecule has 1 aromatic heterocycles. The first kappa shape index (κ1) is 22.0. The van der Waals surface area contributed by atoms with Gasteiger partial charge >= 0.3 is 5.97 Å². The molecular formula is C25H18ClN3O4. The first-order valence-corrected chi connectivity index (χ1v) is 10.3. The van der Waals surface area contributed by atoms with Gasteiger partial charge in [0.15, 0.2) is 0 Å². The Labute approximate surface area is 193 Å². The van der Waals surface area contributed by atoms with Crippen LogP contribution in [0.25, 0.3) is 22.4 Å². The Morgan fingerprint density at radius 2 is 1.55 bits per heavy atom. The van der Waals surface area contributed by atoms with Crippen molar-refractivity contribution in [1.29, 1.82) is 0 Å². The number of nitrogens with zero attached hydrogens (tertiary/aromatic N) is 2. The van der Waals surface area contributed by atoms with Gasteiger partial charge < -0.3 is 10.4 Å². The van der Waals surface area contributed by atoms with Gasteiger partial charge in [0.1, 0.15) is 5.56 Å². The number of rotatable bonds is 5. The number of aromatic nitrogens is 2. The van der Waals surface area contributed by atoms with E-state index >= 15 is 0 Å². The Morgan fingerprint density at radius 1 is 0.939 bits per heavy atom. The molecule has 0 atom stereocenters. The summed E-state index contributed by atoms with van der Waals surface area (Å²) in [5.74, 6) is -1.92. The van der Waals surface area contributed by atoms with Crippen molar-refractivity contribution in [2.45, 2.75) is 0 Å². The Morgan fingerprint density at radius 3 is 2.15 bits per heavy atom. The van der Waals surface area contributed by atoms with E-state index in [0.717, 1.165) is 10.2 Å². The van der Waals surface area contributed by atoms with E-state index in [9.17, 15) is 19.5 Å². The summed E-state index contributed by atoms with van der Waals surface area (Å²) in [6.45, 7) is 0. The van der Waals surface area contributed by atoms with Crippen LogP contribution >= 0.6 is 11.6 Å². The van der Waals surface area contributed by atoms with Gasteiger partial charge in [0, 0.05) is 23.9 Å². The van der Waals surface area contributed by atoms with Crippen molar-refractivity contribution < 1.29 is 14.7 Å². The average molecular weight is 460 g/mol. The lowest BCUT2D eigenvalue weighted by Crippen LogP contribution is -2.31. The highest BCUT2D eigenvalue weighted by atomic mass is 35.5. The fourth-order valence-electron chi connectivity index (χ4n) is 3.49. The number of carbonyl (C=O) groups excluding carboxylic acids is 1. The van der Waals surface area contributed by atoms with Crippen molar-refractivity contribution in [2.75, 3.05) is 5.32 Å². The van der Waals surface area contributed by atoms with Crippen LogP contribution in [0.15, 0.2) is 83.7 Å². The molecule has 0 aliphatic rings. The predicted molar refractivity (Wildman–Crippen MR) is 127 cm³/mol. The van der Waals surface area contributed by atoms with Crippen molar-refractivity contribution in [3.63, 3.8) is 0 Å². The lowest BCUT2D eigenvalue weighted by atomic mass is 9.95. The molecule has 0 aliphatic heterocycles. The number of amides is 1. The van der Waals surface area contributed by atoms with Crippen LogP contribution < -0.4 is 10.9 Å². The first-order valence-electron chi connectivity index (χ1n) is 9.93. The molecule has 4 aromatic rings. The third-order valence-electron chi connectivity index (χ3n) is 5.04. The highest BCUT2D eigenvalue weighted by Gasteiger charge is 2.25. The number of carbonyl (C=O) groups is 2. The summed E-state index contributed by atoms with van der Waals surface area (Å²) in [6.07, 6.45) is 0. The van der Waals surface area contributed by atoms with E-state index in [2.05, 4.69) is 10.4 Å². The van der Waals surface area contributed by atoms with Crippen molar-refractivity contribution in [1.82, 2.24) is 9.78 Å². The summed E-state index contributed by atoms with van der Waals surface area (Å²) < 4.78 is 1.12. The van der Waals surface area contributed by atoms with Crippen LogP contribution in [-0.2, 0) is 7.05 Å². The van der Waals surface area contributed by atoms with Gasteiger partial charge in [-0.05, 0) is 23.8 Å². The number of anilines is 1. The molecule has 1 amide bonds. The molecule has 8 heteroatoms. The van der Waals surface area contributed by atoms with Gasteiger partial charge in [-0.15, -0.1) is 0 Å². The number of aromatic carboxylic acids is 1. The highest BCUT2D eigenvalue weighted by molar-refractivity contribution is 6.33. The second kappa shape index (κ2) is 9.10. The zero-order valence-corrected chi connectivity index (χ0v) is 18.2. The van der Waals surface area contributed by atoms with Gasteiger partial charge in [-0.1, -0.05) is 72.3 Å². The summed E-state index contributed by atoms with van der Waals surface area (Å²) in [5.41, 5.74) is 1.58. The maximum atomic E-state index is 13.4. The lowest BCUT2D eigenvalue weighted by molar-refractivity contribution is 0.0696. The average Bonchev–Trinajstić information content (AvgIpc) is 2.82. The van der Waals surface area contributed by atoms with Gasteiger partial charge in [-0.2, -0.15) is 5.10 Å². The summed E-state index contributed by atoms with van der Waals surface area (Å²) in [4.78, 5) is 37.9. The molecule has 3 aromatic carbocycles. The zero-order chi connectivity index (χ0) is 23.5. The minimum Gasteiger partial charge on any atom is -0.478 e. The number of nitrogens with one attached hydrogen (secondary N) is 1. The quantitative estimate of drug-likeness (QED) is 0.449. The molecule has 0 bridgehead atoms. The molecule has 7 nitrogen and oxygen atoms in total. The highest BCUT2D eigenvalue weighted by Crippen LogP contribution is 2.32. The van der Waals surface area contributed by atoms with Crippen LogP contribution in [0, 0.1) is 0 Å². The molecule has 0 spiro atoms. The normalized spacial score (nSPS) is 10.6. The van der Waals surface area contributed by atoms with Crippen molar-refractivity contribution in [3.05, 3.63) is 105 Å². The molecule has 0 saturated heterocycles. The number of hydrogen-bond donors (Lipinski definition) is 2. The minimum absolute atomic E-state index is 0.0386. The van der Waals surface area contributed by atoms with Gasteiger partial charge in [-0.3, -0.25) is 9.59 Å². The Bertz CT molecular complexity index is 1420. The summed E-state index contributed by atoms with van der Waals surface area (Å²) in [5, 5.41) is 16.4. The van der Waals surface area contributed by atoms with Gasteiger partial charge in [0.25, 0.3) is 11.5 Å². The van der Waals surface area contributed by atoms with E-state index in [4.69, 9.17) is 11.6 Å². The molecule has 0 unspecified atom stereocenters. The largest absolute Gasteiger partial charge is 0.478 e. The Hall–Kier alpha value is -4.23. The van der Waals surface area contributed by atoms with E-state index in [1.165, 1.54) is 25.2 Å². The van der Waals surface area contributed by atoms with Gasteiger partial charge in [0.05, 0.1) is 16.3 Å². The number of halogens is 1. The molecule has 4 rings (SSSR count). The summed E-state index contributed by atoms with van der Waals surface area (Å²) >= 11 is 5.93. The topological polar surface area (TPSA) is 101 Å². The van der Waals surface area contributed by atoms with Crippen molar-refractivity contribution in [2.24, 2.45) is 7.05 Å². The van der Waals surface area contributed by atoms with Crippen molar-refractivity contribution >= 4 is 29.2 Å². The fourth-order valence-corrected chi connectivity index (χ4v) is 3.69. The molecule has 0 fully saturated rings. The first-order chi connectivity index (χ1) is 15.9. The smallest absolute Gasteiger partial charge is 0.337 e. The SMILES string of the molecule is Cn1nc(-c2ccccc2)c(-c2ccccc2)c(C(=O)Nc2ccc(Cl)c(C(=O)O)c2)c1=O. The van der Waals surface area contributed by atoms with Crippen LogP contribution in [0.1, 0.15) is 20.7 Å². The molecule has 33 heavy (non-hydrogen) atoms. The Kier molecular flexibility index (Phi) is 6.06. The van der Waals surface area contributed by atoms with Gasteiger partial charge in [0.2, 0.25) is 0 Å². The third kappa shape index (κ3) is 4.40. The van der Waals surface area contributed by atoms with Crippen LogP contribution in [0.3, 0.4) is 0 Å². The number of carboxylic acid groups (broad SMARTS) is 1. The lowest BCUT2D eigenvalue weighted by Gasteiger charge is -2.16. The number of hydrogen-bond acceptors (Lipinski definition) is 4. The third-order valence-corrected chi connectivity index (χ3v) is 5.37. The van der Waals surface area contributed by atoms with E-state index in [-0.39, 0.29) is 21.8 Å². The molecular weight excluding hydrogens is 442 g/mol. The summed E-state index contributed by atoms with van der Waals surface area (Å²) in [7, 11) is 1.48. The Balaban J connectivity index is 1.92. The molecule has 0 radical (unpaired) electrons. The van der Waals surface area contributed by atoms with E-state index in [1.807, 2.05) is 48.5 Å². The second-order valence-corrected chi connectivity index (χ2v) is 7.62. The fraction of sp³-hybridized carbons (Fsp3) is 0.0400. The molecule has 0 saturated carbocycles. The molecule has 1 heterocycles. The van der Waals surface area contributed by atoms with Gasteiger partial charge in [-0.25, -0.2) is 9.48 Å². The van der Waals surface area contributed by atoms with E-state index < -0.39 is 17.4 Å². The van der Waals surface area contributed by atoms with Crippen LogP contribution in [0.5, 0.6) is 0 Å². The zero-order valence-electron chi connectivity index (χ0n) is 17.4. The monoisotopic (exact) mass is 459 g/mol. The van der Waals surface area contributed by atoms with Crippen LogP contribution in [0.4, 0.5) is 5.69 Å². The second-order valence-electron chi connectivity index (χ2n) is 7.21. The van der Waals surface area contributed by atoms with Crippen LogP contribution in [0.2, 0.25) is 5.02 Å². The maximum Gasteiger partial charge on any atom is 0.337 e. The van der Waals surface area contributed by atoms with E-state index in [1.54, 1.807) is 12.1 Å². The van der Waals surface area contributed by atoms with Crippen molar-refractivity contribution in [3.8, 4) is 22.4 Å². The van der Waals surface area contributed by atoms with E-state index in [0.29, 0.717) is 16.8 Å². The predicted octanol–water partition coefficient (Wildman–Crippen LogP) is 4.72. The van der Waals surface area contributed by atoms with Crippen LogP contribution in [-0.4, -0.2) is 26.8 Å². The molecule has 0 aliphatic carbocycles. The number of aryl methyl sites for hydroxylation is 1. The molecule has 2 N–H and O–H groups in total. The number of benzene rings is 3.